The van der Waals surface area contributed by atoms with Gasteiger partial charge < -0.3 is 4.79 Å². The van der Waals surface area contributed by atoms with Gasteiger partial charge in [-0.2, -0.15) is 0 Å². The van der Waals surface area contributed by atoms with Crippen molar-refractivity contribution in [1.29, 1.82) is 0 Å². The Morgan fingerprint density at radius 1 is 1.13 bits per heavy atom. The Morgan fingerprint density at radius 3 is 1.87 bits per heavy atom. The first-order valence-corrected chi connectivity index (χ1v) is 5.95. The number of ketones is 2. The molecule has 90 valence electrons. The third-order valence-electron chi connectivity index (χ3n) is 1.90. The van der Waals surface area contributed by atoms with E-state index in [9.17, 15) is 9.59 Å². The van der Waals surface area contributed by atoms with Crippen molar-refractivity contribution in [3.63, 3.8) is 0 Å². The molecule has 0 aliphatic rings. The van der Waals surface area contributed by atoms with E-state index in [0.29, 0.717) is 18.1 Å². The van der Waals surface area contributed by atoms with E-state index in [2.05, 4.69) is 6.92 Å². The molecule has 0 saturated heterocycles. The lowest BCUT2D eigenvalue weighted by atomic mass is 10.1. The second-order valence-electron chi connectivity index (χ2n) is 4.30. The molecule has 0 unspecified atom stereocenters. The number of hydrogen-bond acceptors (Lipinski definition) is 2. The Bertz CT molecular complexity index is 171. The van der Waals surface area contributed by atoms with Crippen molar-refractivity contribution >= 4 is 11.6 Å². The van der Waals surface area contributed by atoms with Crippen molar-refractivity contribution in [3.05, 3.63) is 0 Å². The van der Waals surface area contributed by atoms with E-state index in [4.69, 9.17) is 0 Å². The third kappa shape index (κ3) is 19.7. The Labute approximate surface area is 94.4 Å². The highest BCUT2D eigenvalue weighted by Gasteiger charge is 1.95. The quantitative estimate of drug-likeness (QED) is 0.674. The molecule has 0 amide bonds. The monoisotopic (exact) mass is 214 g/mol. The van der Waals surface area contributed by atoms with Crippen LogP contribution in [-0.2, 0) is 9.59 Å². The van der Waals surface area contributed by atoms with E-state index in [0.717, 1.165) is 25.7 Å². The molecular weight excluding hydrogens is 188 g/mol. The minimum Gasteiger partial charge on any atom is -0.300 e. The highest BCUT2D eigenvalue weighted by atomic mass is 16.1. The van der Waals surface area contributed by atoms with Crippen molar-refractivity contribution in [2.45, 2.75) is 66.7 Å². The van der Waals surface area contributed by atoms with Gasteiger partial charge in [-0.15, -0.1) is 0 Å². The Balaban J connectivity index is 0. The molecule has 0 aromatic rings. The van der Waals surface area contributed by atoms with Crippen LogP contribution in [0.2, 0.25) is 0 Å². The second kappa shape index (κ2) is 11.4. The lowest BCUT2D eigenvalue weighted by molar-refractivity contribution is -0.119. The zero-order valence-electron chi connectivity index (χ0n) is 10.9. The van der Waals surface area contributed by atoms with E-state index >= 15 is 0 Å². The standard InChI is InChI=1S/C7H14O.C6H12O/c1-3-5-6-7(8)4-2;1-5(2)4-6(3)7/h3-6H2,1-2H3;5H,4H2,1-3H3. The summed E-state index contributed by atoms with van der Waals surface area (Å²) < 4.78 is 0. The van der Waals surface area contributed by atoms with Crippen LogP contribution >= 0.6 is 0 Å². The molecule has 0 aliphatic heterocycles. The van der Waals surface area contributed by atoms with Gasteiger partial charge in [-0.05, 0) is 19.3 Å². The Hall–Kier alpha value is -0.660. The predicted molar refractivity (Wildman–Crippen MR) is 65.0 cm³/mol. The predicted octanol–water partition coefficient (Wildman–Crippen LogP) is 3.78. The first-order valence-electron chi connectivity index (χ1n) is 5.95. The summed E-state index contributed by atoms with van der Waals surface area (Å²) in [6.07, 6.45) is 4.41. The summed E-state index contributed by atoms with van der Waals surface area (Å²) in [6.45, 7) is 9.73. The van der Waals surface area contributed by atoms with Crippen LogP contribution in [0.5, 0.6) is 0 Å². The molecule has 0 aliphatic carbocycles. The number of carbonyl (C=O) groups is 2. The molecule has 2 heteroatoms. The summed E-state index contributed by atoms with van der Waals surface area (Å²) in [5.74, 6) is 1.21. The van der Waals surface area contributed by atoms with E-state index < -0.39 is 0 Å². The molecule has 15 heavy (non-hydrogen) atoms. The third-order valence-corrected chi connectivity index (χ3v) is 1.90. The van der Waals surface area contributed by atoms with E-state index in [1.54, 1.807) is 6.92 Å². The highest BCUT2D eigenvalue weighted by Crippen LogP contribution is 1.98. The van der Waals surface area contributed by atoms with Gasteiger partial charge in [-0.3, -0.25) is 4.79 Å². The maximum atomic E-state index is 10.6. The van der Waals surface area contributed by atoms with Crippen LogP contribution < -0.4 is 0 Å². The topological polar surface area (TPSA) is 34.1 Å². The summed E-state index contributed by atoms with van der Waals surface area (Å²) in [7, 11) is 0. The largest absolute Gasteiger partial charge is 0.300 e. The van der Waals surface area contributed by atoms with Gasteiger partial charge in [0.2, 0.25) is 0 Å². The Morgan fingerprint density at radius 2 is 1.67 bits per heavy atom. The van der Waals surface area contributed by atoms with Gasteiger partial charge in [0.25, 0.3) is 0 Å². The van der Waals surface area contributed by atoms with Crippen LogP contribution in [0.1, 0.15) is 66.7 Å². The van der Waals surface area contributed by atoms with Crippen molar-refractivity contribution in [1.82, 2.24) is 0 Å². The van der Waals surface area contributed by atoms with E-state index in [1.165, 1.54) is 0 Å². The lowest BCUT2D eigenvalue weighted by Crippen LogP contribution is -1.95. The molecule has 0 aromatic carbocycles. The van der Waals surface area contributed by atoms with Crippen molar-refractivity contribution in [2.24, 2.45) is 5.92 Å². The maximum Gasteiger partial charge on any atom is 0.132 e. The van der Waals surface area contributed by atoms with E-state index in [1.807, 2.05) is 20.8 Å². The van der Waals surface area contributed by atoms with Crippen LogP contribution in [0.4, 0.5) is 0 Å². The van der Waals surface area contributed by atoms with Crippen molar-refractivity contribution in [3.8, 4) is 0 Å². The number of rotatable bonds is 6. The van der Waals surface area contributed by atoms with Crippen LogP contribution in [0.15, 0.2) is 0 Å². The number of Topliss-reactive ketones (excluding diaryl/α,β-unsaturated/α-hetero) is 2. The minimum absolute atomic E-state index is 0.287. The molecule has 0 aromatic heterocycles. The van der Waals surface area contributed by atoms with Gasteiger partial charge in [-0.25, -0.2) is 0 Å². The average molecular weight is 214 g/mol. The fraction of sp³-hybridized carbons (Fsp3) is 0.846. The Kier molecular flexibility index (Phi) is 12.8. The molecule has 0 fully saturated rings. The van der Waals surface area contributed by atoms with Crippen LogP contribution in [0.25, 0.3) is 0 Å². The molecule has 0 saturated carbocycles. The lowest BCUT2D eigenvalue weighted by Gasteiger charge is -1.95. The molecule has 0 spiro atoms. The highest BCUT2D eigenvalue weighted by molar-refractivity contribution is 5.77. The van der Waals surface area contributed by atoms with Gasteiger partial charge >= 0.3 is 0 Å². The number of unbranched alkanes of at least 4 members (excludes halogenated alkanes) is 1. The van der Waals surface area contributed by atoms with Gasteiger partial charge in [0.15, 0.2) is 0 Å². The number of hydrogen-bond donors (Lipinski definition) is 0. The minimum atomic E-state index is 0.287. The second-order valence-corrected chi connectivity index (χ2v) is 4.30. The molecule has 2 nitrogen and oxygen atoms in total. The fourth-order valence-corrected chi connectivity index (χ4v) is 1.13. The zero-order chi connectivity index (χ0) is 12.3. The summed E-state index contributed by atoms with van der Waals surface area (Å²) in [5, 5.41) is 0. The maximum absolute atomic E-state index is 10.6. The van der Waals surface area contributed by atoms with Crippen LogP contribution in [0, 0.1) is 5.92 Å². The smallest absolute Gasteiger partial charge is 0.132 e. The molecule has 0 radical (unpaired) electrons. The fourth-order valence-electron chi connectivity index (χ4n) is 1.13. The van der Waals surface area contributed by atoms with Gasteiger partial charge in [-0.1, -0.05) is 34.1 Å². The van der Waals surface area contributed by atoms with E-state index in [-0.39, 0.29) is 5.78 Å². The molecule has 0 rings (SSSR count). The van der Waals surface area contributed by atoms with Crippen LogP contribution in [0.3, 0.4) is 0 Å². The molecule has 0 heterocycles. The SMILES string of the molecule is CC(=O)CC(C)C.CCCCC(=O)CC. The molecule has 0 atom stereocenters. The average Bonchev–Trinajstić information content (AvgIpc) is 2.12. The van der Waals surface area contributed by atoms with Gasteiger partial charge in [0.05, 0.1) is 0 Å². The number of carbonyl (C=O) groups excluding carboxylic acids is 2. The summed E-state index contributed by atoms with van der Waals surface area (Å²) in [5.41, 5.74) is 0. The first kappa shape index (κ1) is 16.8. The van der Waals surface area contributed by atoms with Gasteiger partial charge in [0.1, 0.15) is 11.6 Å². The molecule has 0 N–H and O–H groups in total. The normalized spacial score (nSPS) is 9.47. The van der Waals surface area contributed by atoms with Crippen molar-refractivity contribution in [2.75, 3.05) is 0 Å². The van der Waals surface area contributed by atoms with Crippen molar-refractivity contribution < 1.29 is 9.59 Å². The summed E-state index contributed by atoms with van der Waals surface area (Å²) in [4.78, 5) is 20.8. The molecular formula is C13H26O2. The zero-order valence-corrected chi connectivity index (χ0v) is 10.9. The summed E-state index contributed by atoms with van der Waals surface area (Å²) >= 11 is 0. The summed E-state index contributed by atoms with van der Waals surface area (Å²) in [6, 6.07) is 0. The molecule has 0 bridgehead atoms. The first-order chi connectivity index (χ1) is 6.93. The van der Waals surface area contributed by atoms with Gasteiger partial charge in [0, 0.05) is 19.3 Å². The van der Waals surface area contributed by atoms with Crippen LogP contribution in [-0.4, -0.2) is 11.6 Å².